The van der Waals surface area contributed by atoms with Gasteiger partial charge in [-0.05, 0) is 18.8 Å². The molecule has 0 spiro atoms. The molecule has 0 fully saturated rings. The highest BCUT2D eigenvalue weighted by Gasteiger charge is 2.11. The van der Waals surface area contributed by atoms with Gasteiger partial charge in [0.1, 0.15) is 5.15 Å². The van der Waals surface area contributed by atoms with E-state index in [9.17, 15) is 9.59 Å². The first-order valence-electron chi connectivity index (χ1n) is 6.98. The van der Waals surface area contributed by atoms with Crippen LogP contribution < -0.4 is 11.2 Å². The molecule has 1 rings (SSSR count). The van der Waals surface area contributed by atoms with Crippen molar-refractivity contribution in [2.75, 3.05) is 0 Å². The number of aromatic amines is 1. The zero-order valence-corrected chi connectivity index (χ0v) is 12.7. The Bertz CT molecular complexity index is 517. The van der Waals surface area contributed by atoms with Gasteiger partial charge in [-0.1, -0.05) is 51.6 Å². The van der Waals surface area contributed by atoms with Crippen LogP contribution in [0.2, 0.25) is 5.15 Å². The first-order valence-corrected chi connectivity index (χ1v) is 7.36. The van der Waals surface area contributed by atoms with E-state index in [-0.39, 0.29) is 10.7 Å². The Morgan fingerprint density at radius 3 is 2.53 bits per heavy atom. The van der Waals surface area contributed by atoms with Crippen LogP contribution in [0.5, 0.6) is 0 Å². The van der Waals surface area contributed by atoms with Crippen molar-refractivity contribution < 1.29 is 0 Å². The lowest BCUT2D eigenvalue weighted by Crippen LogP contribution is -2.37. The SMILES string of the molecule is CCCc1c(Cl)[nH]c(=O)n(CCCCC(C)C)c1=O. The second-order valence-electron chi connectivity index (χ2n) is 5.32. The van der Waals surface area contributed by atoms with Crippen LogP contribution in [0.4, 0.5) is 0 Å². The molecule has 1 N–H and O–H groups in total. The van der Waals surface area contributed by atoms with Gasteiger partial charge in [0.15, 0.2) is 0 Å². The number of nitrogens with one attached hydrogen (secondary N) is 1. The normalized spacial score (nSPS) is 11.2. The molecule has 0 aliphatic carbocycles. The summed E-state index contributed by atoms with van der Waals surface area (Å²) in [5, 5.41) is 0.190. The van der Waals surface area contributed by atoms with Crippen LogP contribution in [0.25, 0.3) is 0 Å². The van der Waals surface area contributed by atoms with Crippen molar-refractivity contribution in [3.63, 3.8) is 0 Å². The molecule has 1 heterocycles. The lowest BCUT2D eigenvalue weighted by atomic mass is 10.1. The number of hydrogen-bond acceptors (Lipinski definition) is 2. The minimum Gasteiger partial charge on any atom is -0.297 e. The third-order valence-electron chi connectivity index (χ3n) is 3.14. The van der Waals surface area contributed by atoms with Gasteiger partial charge in [0.25, 0.3) is 5.56 Å². The summed E-state index contributed by atoms with van der Waals surface area (Å²) in [6.45, 7) is 6.78. The molecule has 108 valence electrons. The van der Waals surface area contributed by atoms with Gasteiger partial charge < -0.3 is 0 Å². The van der Waals surface area contributed by atoms with E-state index in [0.29, 0.717) is 24.4 Å². The Morgan fingerprint density at radius 2 is 1.95 bits per heavy atom. The van der Waals surface area contributed by atoms with E-state index in [1.54, 1.807) is 0 Å². The van der Waals surface area contributed by atoms with Crippen molar-refractivity contribution in [2.24, 2.45) is 5.92 Å². The van der Waals surface area contributed by atoms with Gasteiger partial charge in [-0.3, -0.25) is 14.3 Å². The third-order valence-corrected chi connectivity index (χ3v) is 3.47. The summed E-state index contributed by atoms with van der Waals surface area (Å²) in [6.07, 6.45) is 4.40. The Kier molecular flexibility index (Phi) is 6.35. The summed E-state index contributed by atoms with van der Waals surface area (Å²) in [6, 6.07) is 0. The van der Waals surface area contributed by atoms with E-state index in [4.69, 9.17) is 11.6 Å². The average molecular weight is 287 g/mol. The summed E-state index contributed by atoms with van der Waals surface area (Å²) in [4.78, 5) is 26.5. The fourth-order valence-electron chi connectivity index (χ4n) is 2.08. The molecule has 0 saturated carbocycles. The second-order valence-corrected chi connectivity index (χ2v) is 5.70. The van der Waals surface area contributed by atoms with Crippen molar-refractivity contribution in [1.29, 1.82) is 0 Å². The van der Waals surface area contributed by atoms with E-state index in [0.717, 1.165) is 25.7 Å². The van der Waals surface area contributed by atoms with Crippen molar-refractivity contribution >= 4 is 11.6 Å². The topological polar surface area (TPSA) is 54.9 Å². The van der Waals surface area contributed by atoms with Gasteiger partial charge in [-0.2, -0.15) is 0 Å². The summed E-state index contributed by atoms with van der Waals surface area (Å²) in [5.74, 6) is 0.649. The minimum absolute atomic E-state index is 0.190. The van der Waals surface area contributed by atoms with E-state index in [1.807, 2.05) is 6.92 Å². The van der Waals surface area contributed by atoms with E-state index < -0.39 is 5.69 Å². The number of nitrogens with zero attached hydrogens (tertiary/aromatic N) is 1. The van der Waals surface area contributed by atoms with Crippen LogP contribution in [0, 0.1) is 5.92 Å². The number of rotatable bonds is 7. The molecule has 19 heavy (non-hydrogen) atoms. The zero-order chi connectivity index (χ0) is 14.4. The first-order chi connectivity index (χ1) is 8.97. The Balaban J connectivity index is 2.86. The second kappa shape index (κ2) is 7.53. The minimum atomic E-state index is -0.403. The fraction of sp³-hybridized carbons (Fsp3) is 0.714. The largest absolute Gasteiger partial charge is 0.329 e. The van der Waals surface area contributed by atoms with Gasteiger partial charge in [0, 0.05) is 6.54 Å². The summed E-state index contributed by atoms with van der Waals surface area (Å²) in [7, 11) is 0. The Hall–Kier alpha value is -1.03. The van der Waals surface area contributed by atoms with Gasteiger partial charge in [-0.25, -0.2) is 4.79 Å². The van der Waals surface area contributed by atoms with Crippen LogP contribution in [0.1, 0.15) is 52.0 Å². The number of unbranched alkanes of at least 4 members (excludes halogenated alkanes) is 1. The zero-order valence-electron chi connectivity index (χ0n) is 12.0. The molecule has 1 aromatic rings. The molecule has 0 unspecified atom stereocenters. The van der Waals surface area contributed by atoms with Crippen molar-refractivity contribution in [2.45, 2.75) is 59.4 Å². The predicted molar refractivity (Wildman–Crippen MR) is 79.0 cm³/mol. The molecular formula is C14H23ClN2O2. The van der Waals surface area contributed by atoms with Crippen LogP contribution in [0.3, 0.4) is 0 Å². The number of aromatic nitrogens is 2. The quantitative estimate of drug-likeness (QED) is 0.619. The molecule has 0 bridgehead atoms. The Morgan fingerprint density at radius 1 is 1.26 bits per heavy atom. The van der Waals surface area contributed by atoms with Crippen molar-refractivity contribution in [3.05, 3.63) is 31.6 Å². The van der Waals surface area contributed by atoms with E-state index in [2.05, 4.69) is 18.8 Å². The summed E-state index contributed by atoms with van der Waals surface area (Å²) < 4.78 is 1.27. The van der Waals surface area contributed by atoms with Crippen LogP contribution in [-0.2, 0) is 13.0 Å². The van der Waals surface area contributed by atoms with Gasteiger partial charge in [-0.15, -0.1) is 0 Å². The van der Waals surface area contributed by atoms with Crippen molar-refractivity contribution in [1.82, 2.24) is 9.55 Å². The lowest BCUT2D eigenvalue weighted by Gasteiger charge is -2.09. The van der Waals surface area contributed by atoms with Gasteiger partial charge >= 0.3 is 5.69 Å². The predicted octanol–water partition coefficient (Wildman–Crippen LogP) is 2.97. The maximum absolute atomic E-state index is 12.2. The first kappa shape index (κ1) is 16.0. The number of H-pyrrole nitrogens is 1. The Labute approximate surface area is 118 Å². The standard InChI is InChI=1S/C14H23ClN2O2/c1-4-7-11-12(15)16-14(19)17(13(11)18)9-6-5-8-10(2)3/h10H,4-9H2,1-3H3,(H,16,19). The smallest absolute Gasteiger partial charge is 0.297 e. The number of hydrogen-bond donors (Lipinski definition) is 1. The molecule has 0 atom stereocenters. The van der Waals surface area contributed by atoms with Crippen LogP contribution in [0.15, 0.2) is 9.59 Å². The lowest BCUT2D eigenvalue weighted by molar-refractivity contribution is 0.494. The molecule has 0 aliphatic rings. The highest BCUT2D eigenvalue weighted by Crippen LogP contribution is 2.09. The van der Waals surface area contributed by atoms with Gasteiger partial charge in [0.2, 0.25) is 0 Å². The molecule has 0 amide bonds. The van der Waals surface area contributed by atoms with Crippen LogP contribution in [-0.4, -0.2) is 9.55 Å². The summed E-state index contributed by atoms with van der Waals surface area (Å²) >= 11 is 5.92. The van der Waals surface area contributed by atoms with Crippen molar-refractivity contribution in [3.8, 4) is 0 Å². The van der Waals surface area contributed by atoms with E-state index >= 15 is 0 Å². The molecule has 4 nitrogen and oxygen atoms in total. The highest BCUT2D eigenvalue weighted by atomic mass is 35.5. The molecule has 1 aromatic heterocycles. The maximum atomic E-state index is 12.2. The average Bonchev–Trinajstić information content (AvgIpc) is 2.33. The monoisotopic (exact) mass is 286 g/mol. The van der Waals surface area contributed by atoms with E-state index in [1.165, 1.54) is 4.57 Å². The van der Waals surface area contributed by atoms with Gasteiger partial charge in [0.05, 0.1) is 5.56 Å². The highest BCUT2D eigenvalue weighted by molar-refractivity contribution is 6.30. The molecular weight excluding hydrogens is 264 g/mol. The third kappa shape index (κ3) is 4.53. The number of halogens is 1. The fourth-order valence-corrected chi connectivity index (χ4v) is 2.33. The van der Waals surface area contributed by atoms with Crippen LogP contribution >= 0.6 is 11.6 Å². The molecule has 5 heteroatoms. The maximum Gasteiger partial charge on any atom is 0.329 e. The molecule has 0 aromatic carbocycles. The summed E-state index contributed by atoms with van der Waals surface area (Å²) in [5.41, 5.74) is -0.118. The molecule has 0 radical (unpaired) electrons. The molecule has 0 saturated heterocycles. The molecule has 0 aliphatic heterocycles.